The molecule has 2 N–H and O–H groups in total. The standard InChI is InChI=1S/C14H17N3S2/c15-14(19-9-11-4-2-1-3-5-11)17-13-7-6-12(8-13)16-10-18/h1-5,12-13H,6-9H2,(H2,15,17). The summed E-state index contributed by atoms with van der Waals surface area (Å²) in [6, 6.07) is 10.9. The third kappa shape index (κ3) is 4.78. The number of amidine groups is 1. The summed E-state index contributed by atoms with van der Waals surface area (Å²) < 4.78 is 0. The number of thioether (sulfide) groups is 1. The molecule has 1 saturated carbocycles. The van der Waals surface area contributed by atoms with Crippen molar-refractivity contribution < 1.29 is 0 Å². The summed E-state index contributed by atoms with van der Waals surface area (Å²) in [6.45, 7) is 0. The topological polar surface area (TPSA) is 50.7 Å². The molecule has 3 nitrogen and oxygen atoms in total. The monoisotopic (exact) mass is 291 g/mol. The molecule has 19 heavy (non-hydrogen) atoms. The lowest BCUT2D eigenvalue weighted by atomic mass is 10.2. The fraction of sp³-hybridized carbons (Fsp3) is 0.429. The Morgan fingerprint density at radius 2 is 2.05 bits per heavy atom. The molecule has 2 rings (SSSR count). The molecule has 1 aromatic rings. The molecule has 1 aliphatic rings. The van der Waals surface area contributed by atoms with E-state index < -0.39 is 0 Å². The van der Waals surface area contributed by atoms with Crippen molar-refractivity contribution in [1.29, 1.82) is 0 Å². The van der Waals surface area contributed by atoms with Gasteiger partial charge in [-0.2, -0.15) is 0 Å². The van der Waals surface area contributed by atoms with Gasteiger partial charge in [-0.05, 0) is 37.0 Å². The van der Waals surface area contributed by atoms with E-state index in [9.17, 15) is 0 Å². The summed E-state index contributed by atoms with van der Waals surface area (Å²) in [6.07, 6.45) is 3.02. The lowest BCUT2D eigenvalue weighted by Gasteiger charge is -2.06. The van der Waals surface area contributed by atoms with Gasteiger partial charge in [0.15, 0.2) is 5.17 Å². The van der Waals surface area contributed by atoms with Crippen LogP contribution in [0.5, 0.6) is 0 Å². The Hall–Kier alpha value is -1.16. The quantitative estimate of drug-likeness (QED) is 0.526. The fourth-order valence-corrected chi connectivity index (χ4v) is 3.07. The van der Waals surface area contributed by atoms with Crippen molar-refractivity contribution in [2.24, 2.45) is 15.7 Å². The molecule has 0 bridgehead atoms. The first-order valence-corrected chi connectivity index (χ1v) is 7.74. The van der Waals surface area contributed by atoms with Gasteiger partial charge in [-0.3, -0.25) is 4.99 Å². The number of nitrogens with zero attached hydrogens (tertiary/aromatic N) is 2. The molecule has 100 valence electrons. The van der Waals surface area contributed by atoms with Gasteiger partial charge in [0, 0.05) is 5.75 Å². The minimum absolute atomic E-state index is 0.290. The van der Waals surface area contributed by atoms with Crippen LogP contribution in [-0.2, 0) is 5.75 Å². The second-order valence-electron chi connectivity index (χ2n) is 4.58. The van der Waals surface area contributed by atoms with E-state index in [0.717, 1.165) is 25.0 Å². The van der Waals surface area contributed by atoms with Crippen molar-refractivity contribution in [3.63, 3.8) is 0 Å². The largest absolute Gasteiger partial charge is 0.379 e. The summed E-state index contributed by atoms with van der Waals surface area (Å²) in [5.74, 6) is 0.865. The van der Waals surface area contributed by atoms with Crippen LogP contribution in [0.4, 0.5) is 0 Å². The Bertz CT molecular complexity index is 481. The van der Waals surface area contributed by atoms with Gasteiger partial charge in [0.1, 0.15) is 0 Å². The van der Waals surface area contributed by atoms with Gasteiger partial charge in [-0.1, -0.05) is 42.1 Å². The van der Waals surface area contributed by atoms with E-state index in [0.29, 0.717) is 11.2 Å². The maximum absolute atomic E-state index is 5.97. The predicted octanol–water partition coefficient (Wildman–Crippen LogP) is 3.26. The molecule has 0 amide bonds. The minimum Gasteiger partial charge on any atom is -0.379 e. The Morgan fingerprint density at radius 3 is 2.79 bits per heavy atom. The Kier molecular flexibility index (Phi) is 5.58. The van der Waals surface area contributed by atoms with Crippen LogP contribution in [0.3, 0.4) is 0 Å². The normalized spacial score (nSPS) is 23.1. The van der Waals surface area contributed by atoms with E-state index in [-0.39, 0.29) is 6.04 Å². The van der Waals surface area contributed by atoms with Crippen molar-refractivity contribution >= 4 is 34.3 Å². The summed E-state index contributed by atoms with van der Waals surface area (Å²) in [5.41, 5.74) is 7.23. The summed E-state index contributed by atoms with van der Waals surface area (Å²) in [5, 5.41) is 3.12. The Balaban J connectivity index is 1.81. The van der Waals surface area contributed by atoms with Crippen LogP contribution in [-0.4, -0.2) is 22.4 Å². The van der Waals surface area contributed by atoms with E-state index in [4.69, 9.17) is 5.73 Å². The number of nitrogens with two attached hydrogens (primary N) is 1. The summed E-state index contributed by atoms with van der Waals surface area (Å²) in [4.78, 5) is 8.68. The molecule has 2 unspecified atom stereocenters. The first kappa shape index (κ1) is 14.3. The van der Waals surface area contributed by atoms with E-state index >= 15 is 0 Å². The van der Waals surface area contributed by atoms with Crippen molar-refractivity contribution in [2.45, 2.75) is 37.1 Å². The maximum Gasteiger partial charge on any atom is 0.154 e. The lowest BCUT2D eigenvalue weighted by molar-refractivity contribution is 0.673. The van der Waals surface area contributed by atoms with Gasteiger partial charge >= 0.3 is 0 Å². The molecule has 0 aromatic heterocycles. The third-order valence-corrected chi connectivity index (χ3v) is 4.14. The first-order chi connectivity index (χ1) is 9.28. The van der Waals surface area contributed by atoms with Crippen LogP contribution in [0, 0.1) is 0 Å². The predicted molar refractivity (Wildman–Crippen MR) is 85.8 cm³/mol. The molecule has 2 atom stereocenters. The molecule has 0 spiro atoms. The number of hydrogen-bond donors (Lipinski definition) is 1. The lowest BCUT2D eigenvalue weighted by Crippen LogP contribution is -2.12. The molecule has 0 heterocycles. The Morgan fingerprint density at radius 1 is 1.32 bits per heavy atom. The van der Waals surface area contributed by atoms with Crippen molar-refractivity contribution in [1.82, 2.24) is 0 Å². The highest BCUT2D eigenvalue weighted by atomic mass is 32.2. The number of benzene rings is 1. The second-order valence-corrected chi connectivity index (χ2v) is 5.76. The summed E-state index contributed by atoms with van der Waals surface area (Å²) in [7, 11) is 0. The number of isothiocyanates is 1. The highest BCUT2D eigenvalue weighted by molar-refractivity contribution is 8.13. The van der Waals surface area contributed by atoms with Crippen LogP contribution in [0.25, 0.3) is 0 Å². The summed E-state index contributed by atoms with van der Waals surface area (Å²) >= 11 is 6.22. The molecular weight excluding hydrogens is 274 g/mol. The van der Waals surface area contributed by atoms with Crippen molar-refractivity contribution in [2.75, 3.05) is 0 Å². The van der Waals surface area contributed by atoms with E-state index in [2.05, 4.69) is 39.5 Å². The second kappa shape index (κ2) is 7.43. The van der Waals surface area contributed by atoms with E-state index in [1.807, 2.05) is 18.2 Å². The number of hydrogen-bond acceptors (Lipinski definition) is 4. The molecule has 5 heteroatoms. The molecule has 0 radical (unpaired) electrons. The van der Waals surface area contributed by atoms with Crippen LogP contribution >= 0.6 is 24.0 Å². The maximum atomic E-state index is 5.97. The minimum atomic E-state index is 0.290. The van der Waals surface area contributed by atoms with Gasteiger partial charge < -0.3 is 5.73 Å². The number of thiocarbonyl (C=S) groups is 1. The SMILES string of the molecule is NC(=NC1CCC(N=C=S)C1)SCc1ccccc1. The Labute approximate surface area is 123 Å². The first-order valence-electron chi connectivity index (χ1n) is 6.35. The van der Waals surface area contributed by atoms with Gasteiger partial charge in [0.05, 0.1) is 17.2 Å². The highest BCUT2D eigenvalue weighted by Gasteiger charge is 2.23. The van der Waals surface area contributed by atoms with Crippen LogP contribution in [0.1, 0.15) is 24.8 Å². The number of aliphatic imine (C=N–C) groups is 2. The van der Waals surface area contributed by atoms with Gasteiger partial charge in [-0.25, -0.2) is 4.99 Å². The zero-order valence-electron chi connectivity index (χ0n) is 10.7. The molecule has 1 fully saturated rings. The molecule has 0 saturated heterocycles. The molecule has 0 aliphatic heterocycles. The zero-order valence-corrected chi connectivity index (χ0v) is 12.3. The van der Waals surface area contributed by atoms with Gasteiger partial charge in [0.25, 0.3) is 0 Å². The van der Waals surface area contributed by atoms with Gasteiger partial charge in [-0.15, -0.1) is 0 Å². The highest BCUT2D eigenvalue weighted by Crippen LogP contribution is 2.25. The van der Waals surface area contributed by atoms with Gasteiger partial charge in [0.2, 0.25) is 0 Å². The average Bonchev–Trinajstić information content (AvgIpc) is 2.85. The van der Waals surface area contributed by atoms with Crippen molar-refractivity contribution in [3.8, 4) is 0 Å². The zero-order chi connectivity index (χ0) is 13.5. The molecular formula is C14H17N3S2. The van der Waals surface area contributed by atoms with Crippen LogP contribution in [0.15, 0.2) is 40.3 Å². The van der Waals surface area contributed by atoms with E-state index in [1.54, 1.807) is 11.8 Å². The average molecular weight is 291 g/mol. The van der Waals surface area contributed by atoms with Crippen LogP contribution < -0.4 is 5.73 Å². The third-order valence-electron chi connectivity index (χ3n) is 3.15. The van der Waals surface area contributed by atoms with E-state index in [1.165, 1.54) is 5.56 Å². The van der Waals surface area contributed by atoms with Crippen LogP contribution in [0.2, 0.25) is 0 Å². The fourth-order valence-electron chi connectivity index (χ4n) is 2.19. The number of rotatable bonds is 4. The molecule has 1 aliphatic carbocycles. The van der Waals surface area contributed by atoms with Crippen molar-refractivity contribution in [3.05, 3.63) is 35.9 Å². The molecule has 1 aromatic carbocycles. The smallest absolute Gasteiger partial charge is 0.154 e.